The van der Waals surface area contributed by atoms with Crippen LogP contribution in [0.15, 0.2) is 47.9 Å². The van der Waals surface area contributed by atoms with Crippen LogP contribution in [0.1, 0.15) is 13.3 Å². The molecule has 0 aliphatic heterocycles. The monoisotopic (exact) mass is 306 g/mol. The Labute approximate surface area is 124 Å². The topological polar surface area (TPSA) is 75.2 Å². The molecule has 2 aromatic rings. The molecule has 2 heterocycles. The van der Waals surface area contributed by atoms with Gasteiger partial charge >= 0.3 is 0 Å². The van der Waals surface area contributed by atoms with E-state index in [-0.39, 0.29) is 4.90 Å². The predicted octanol–water partition coefficient (Wildman–Crippen LogP) is 2.12. The van der Waals surface area contributed by atoms with Crippen LogP contribution < -0.4 is 9.62 Å². The summed E-state index contributed by atoms with van der Waals surface area (Å²) in [6.07, 6.45) is 6.96. The largest absolute Gasteiger partial charge is 0.384 e. The van der Waals surface area contributed by atoms with Crippen molar-refractivity contribution in [1.29, 1.82) is 0 Å². The first-order valence-corrected chi connectivity index (χ1v) is 8.08. The molecule has 2 aromatic heterocycles. The summed E-state index contributed by atoms with van der Waals surface area (Å²) in [5.74, 6) is 0. The molecule has 0 amide bonds. The third kappa shape index (κ3) is 3.30. The van der Waals surface area contributed by atoms with Crippen LogP contribution in [-0.2, 0) is 10.0 Å². The maximum Gasteiger partial charge on any atom is 0.267 e. The van der Waals surface area contributed by atoms with Gasteiger partial charge in [0.2, 0.25) is 0 Å². The normalized spacial score (nSPS) is 11.1. The van der Waals surface area contributed by atoms with Gasteiger partial charge in [0.15, 0.2) is 0 Å². The van der Waals surface area contributed by atoms with Crippen molar-refractivity contribution in [3.8, 4) is 0 Å². The molecule has 0 saturated carbocycles. The zero-order valence-electron chi connectivity index (χ0n) is 12.0. The van der Waals surface area contributed by atoms with Crippen molar-refractivity contribution in [2.75, 3.05) is 23.2 Å². The molecular weight excluding hydrogens is 288 g/mol. The number of hydrogen-bond acceptors (Lipinski definition) is 5. The lowest BCUT2D eigenvalue weighted by molar-refractivity contribution is 0.594. The predicted molar refractivity (Wildman–Crippen MR) is 82.8 cm³/mol. The third-order valence-corrected chi connectivity index (χ3v) is 4.83. The Bertz CT molecular complexity index is 689. The van der Waals surface area contributed by atoms with Gasteiger partial charge in [-0.05, 0) is 24.6 Å². The third-order valence-electron chi connectivity index (χ3n) is 3.01. The molecule has 0 saturated heterocycles. The van der Waals surface area contributed by atoms with Crippen LogP contribution >= 0.6 is 0 Å². The number of anilines is 2. The van der Waals surface area contributed by atoms with E-state index in [0.717, 1.165) is 6.42 Å². The van der Waals surface area contributed by atoms with Crippen molar-refractivity contribution >= 4 is 21.4 Å². The van der Waals surface area contributed by atoms with E-state index in [1.807, 2.05) is 6.92 Å². The van der Waals surface area contributed by atoms with Crippen LogP contribution in [0.2, 0.25) is 0 Å². The van der Waals surface area contributed by atoms with Gasteiger partial charge in [-0.2, -0.15) is 0 Å². The highest BCUT2D eigenvalue weighted by Gasteiger charge is 2.24. The van der Waals surface area contributed by atoms with Crippen LogP contribution in [0.3, 0.4) is 0 Å². The number of pyridine rings is 2. The van der Waals surface area contributed by atoms with Gasteiger partial charge < -0.3 is 5.32 Å². The molecule has 0 spiro atoms. The first kappa shape index (κ1) is 15.2. The molecule has 6 nitrogen and oxygen atoms in total. The molecule has 2 rings (SSSR count). The lowest BCUT2D eigenvalue weighted by Crippen LogP contribution is -2.27. The molecule has 0 radical (unpaired) electrons. The van der Waals surface area contributed by atoms with Crippen molar-refractivity contribution < 1.29 is 8.42 Å². The number of rotatable bonds is 6. The van der Waals surface area contributed by atoms with E-state index in [0.29, 0.717) is 17.9 Å². The molecule has 0 fully saturated rings. The van der Waals surface area contributed by atoms with E-state index < -0.39 is 10.0 Å². The maximum atomic E-state index is 12.7. The maximum absolute atomic E-state index is 12.7. The summed E-state index contributed by atoms with van der Waals surface area (Å²) in [5.41, 5.74) is 1.11. The summed E-state index contributed by atoms with van der Waals surface area (Å²) < 4.78 is 26.7. The van der Waals surface area contributed by atoms with Crippen molar-refractivity contribution in [1.82, 2.24) is 9.97 Å². The van der Waals surface area contributed by atoms with Crippen LogP contribution in [0, 0.1) is 0 Å². The minimum atomic E-state index is -3.67. The van der Waals surface area contributed by atoms with Gasteiger partial charge in [0, 0.05) is 38.4 Å². The smallest absolute Gasteiger partial charge is 0.267 e. The molecule has 0 aromatic carbocycles. The minimum absolute atomic E-state index is 0.165. The molecule has 1 N–H and O–H groups in total. The zero-order valence-corrected chi connectivity index (χ0v) is 12.8. The standard InChI is InChI=1S/C14H18N4O2S/c1-3-7-17-13-6-10-16-11-14(13)21(19,20)18(2)12-4-8-15-9-5-12/h4-6,8-11H,3,7H2,1-2H3,(H,16,17). The van der Waals surface area contributed by atoms with Gasteiger partial charge in [-0.25, -0.2) is 8.42 Å². The number of hydrogen-bond donors (Lipinski definition) is 1. The second kappa shape index (κ2) is 6.53. The fourth-order valence-electron chi connectivity index (χ4n) is 1.83. The Hall–Kier alpha value is -2.15. The number of nitrogens with one attached hydrogen (secondary N) is 1. The molecule has 0 aliphatic carbocycles. The van der Waals surface area contributed by atoms with E-state index in [1.165, 1.54) is 17.5 Å². The van der Waals surface area contributed by atoms with Gasteiger partial charge in [-0.3, -0.25) is 14.3 Å². The average molecular weight is 306 g/mol. The van der Waals surface area contributed by atoms with Gasteiger partial charge in [0.1, 0.15) is 4.90 Å². The Morgan fingerprint density at radius 3 is 2.48 bits per heavy atom. The molecular formula is C14H18N4O2S. The molecule has 112 valence electrons. The highest BCUT2D eigenvalue weighted by molar-refractivity contribution is 7.93. The highest BCUT2D eigenvalue weighted by Crippen LogP contribution is 2.26. The van der Waals surface area contributed by atoms with Crippen LogP contribution in [0.4, 0.5) is 11.4 Å². The fraction of sp³-hybridized carbons (Fsp3) is 0.286. The molecule has 0 aliphatic rings. The van der Waals surface area contributed by atoms with Gasteiger partial charge in [0.05, 0.1) is 11.4 Å². The Morgan fingerprint density at radius 1 is 1.14 bits per heavy atom. The second-order valence-corrected chi connectivity index (χ2v) is 6.41. The van der Waals surface area contributed by atoms with Crippen LogP contribution in [0.25, 0.3) is 0 Å². The quantitative estimate of drug-likeness (QED) is 0.885. The SMILES string of the molecule is CCCNc1ccncc1S(=O)(=O)N(C)c1ccncc1. The Balaban J connectivity index is 2.40. The fourth-order valence-corrected chi connectivity index (χ4v) is 3.14. The van der Waals surface area contributed by atoms with Gasteiger partial charge in [0.25, 0.3) is 10.0 Å². The van der Waals surface area contributed by atoms with E-state index in [4.69, 9.17) is 0 Å². The van der Waals surface area contributed by atoms with Crippen molar-refractivity contribution in [3.63, 3.8) is 0 Å². The van der Waals surface area contributed by atoms with Gasteiger partial charge in [-0.1, -0.05) is 6.92 Å². The molecule has 21 heavy (non-hydrogen) atoms. The van der Waals surface area contributed by atoms with Crippen molar-refractivity contribution in [3.05, 3.63) is 43.0 Å². The van der Waals surface area contributed by atoms with Crippen LogP contribution in [-0.4, -0.2) is 32.0 Å². The summed E-state index contributed by atoms with van der Waals surface area (Å²) in [4.78, 5) is 8.00. The lowest BCUT2D eigenvalue weighted by atomic mass is 10.4. The van der Waals surface area contributed by atoms with Gasteiger partial charge in [-0.15, -0.1) is 0 Å². The highest BCUT2D eigenvalue weighted by atomic mass is 32.2. The Morgan fingerprint density at radius 2 is 1.81 bits per heavy atom. The van der Waals surface area contributed by atoms with E-state index in [1.54, 1.807) is 36.8 Å². The van der Waals surface area contributed by atoms with E-state index in [2.05, 4.69) is 15.3 Å². The summed E-state index contributed by atoms with van der Waals surface area (Å²) >= 11 is 0. The molecule has 0 atom stereocenters. The Kier molecular flexibility index (Phi) is 4.74. The van der Waals surface area contributed by atoms with Crippen LogP contribution in [0.5, 0.6) is 0 Å². The molecule has 0 bridgehead atoms. The van der Waals surface area contributed by atoms with E-state index >= 15 is 0 Å². The minimum Gasteiger partial charge on any atom is -0.384 e. The first-order chi connectivity index (χ1) is 10.1. The van der Waals surface area contributed by atoms with Crippen molar-refractivity contribution in [2.45, 2.75) is 18.2 Å². The number of sulfonamides is 1. The second-order valence-electron chi connectivity index (χ2n) is 4.48. The first-order valence-electron chi connectivity index (χ1n) is 6.64. The summed E-state index contributed by atoms with van der Waals surface area (Å²) in [5, 5.41) is 3.12. The summed E-state index contributed by atoms with van der Waals surface area (Å²) in [6.45, 7) is 2.72. The zero-order chi connectivity index (χ0) is 15.3. The van der Waals surface area contributed by atoms with Crippen molar-refractivity contribution in [2.24, 2.45) is 0 Å². The number of nitrogens with zero attached hydrogens (tertiary/aromatic N) is 3. The summed E-state index contributed by atoms with van der Waals surface area (Å²) in [6, 6.07) is 4.96. The molecule has 7 heteroatoms. The average Bonchev–Trinajstić information content (AvgIpc) is 2.53. The lowest BCUT2D eigenvalue weighted by Gasteiger charge is -2.21. The summed E-state index contributed by atoms with van der Waals surface area (Å²) in [7, 11) is -2.16. The van der Waals surface area contributed by atoms with E-state index in [9.17, 15) is 8.42 Å². The molecule has 0 unspecified atom stereocenters. The number of aromatic nitrogens is 2.